The molecule has 0 spiro atoms. The molecule has 1 atom stereocenters. The Bertz CT molecular complexity index is 433. The minimum absolute atomic E-state index is 0.219. The lowest BCUT2D eigenvalue weighted by atomic mass is 10.0. The quantitative estimate of drug-likeness (QED) is 0.805. The summed E-state index contributed by atoms with van der Waals surface area (Å²) in [5.41, 5.74) is -1.52. The number of alkyl halides is 4. The molecular formula is C11H13BrClF3N2. The highest BCUT2D eigenvalue weighted by molar-refractivity contribution is 9.10. The Morgan fingerprint density at radius 3 is 2.39 bits per heavy atom. The molecule has 1 aromatic rings. The molecule has 0 aliphatic heterocycles. The van der Waals surface area contributed by atoms with E-state index in [4.69, 9.17) is 11.6 Å². The molecule has 1 heterocycles. The molecule has 0 saturated heterocycles. The zero-order valence-electron chi connectivity index (χ0n) is 10.1. The van der Waals surface area contributed by atoms with Crippen molar-refractivity contribution >= 4 is 33.3 Å². The maximum atomic E-state index is 12.9. The lowest BCUT2D eigenvalue weighted by molar-refractivity contribution is -0.137. The maximum Gasteiger partial charge on any atom is 0.419 e. The zero-order valence-corrected chi connectivity index (χ0v) is 12.4. The van der Waals surface area contributed by atoms with E-state index in [1.807, 2.05) is 0 Å². The summed E-state index contributed by atoms with van der Waals surface area (Å²) in [6.07, 6.45) is -3.16. The topological polar surface area (TPSA) is 24.9 Å². The molecule has 0 aliphatic rings. The summed E-state index contributed by atoms with van der Waals surface area (Å²) in [5.74, 6) is -0.219. The van der Waals surface area contributed by atoms with Gasteiger partial charge in [0.2, 0.25) is 0 Å². The fourth-order valence-corrected chi connectivity index (χ4v) is 1.55. The van der Waals surface area contributed by atoms with Gasteiger partial charge in [0.1, 0.15) is 5.82 Å². The third-order valence-electron chi connectivity index (χ3n) is 2.59. The van der Waals surface area contributed by atoms with Crippen molar-refractivity contribution in [1.82, 2.24) is 4.98 Å². The Hall–Kier alpha value is -0.490. The highest BCUT2D eigenvalue weighted by Crippen LogP contribution is 2.36. The molecule has 0 bridgehead atoms. The predicted molar refractivity (Wildman–Crippen MR) is 70.0 cm³/mol. The second kappa shape index (κ2) is 5.25. The Morgan fingerprint density at radius 1 is 1.39 bits per heavy atom. The number of hydrogen-bond acceptors (Lipinski definition) is 2. The SMILES string of the molecule is CC(Cl)C(C)(C)Nc1ncc(Br)cc1C(F)(F)F. The molecule has 0 saturated carbocycles. The number of pyridine rings is 1. The van der Waals surface area contributed by atoms with E-state index in [0.717, 1.165) is 6.07 Å². The Morgan fingerprint density at radius 2 is 1.94 bits per heavy atom. The van der Waals surface area contributed by atoms with Gasteiger partial charge in [-0.25, -0.2) is 4.98 Å². The van der Waals surface area contributed by atoms with Crippen molar-refractivity contribution in [2.24, 2.45) is 0 Å². The van der Waals surface area contributed by atoms with Crippen LogP contribution in [0.2, 0.25) is 0 Å². The number of anilines is 1. The minimum Gasteiger partial charge on any atom is -0.363 e. The van der Waals surface area contributed by atoms with Gasteiger partial charge in [-0.2, -0.15) is 13.2 Å². The molecule has 0 fully saturated rings. The van der Waals surface area contributed by atoms with Crippen LogP contribution in [0.25, 0.3) is 0 Å². The van der Waals surface area contributed by atoms with Gasteiger partial charge >= 0.3 is 6.18 Å². The lowest BCUT2D eigenvalue weighted by Gasteiger charge is -2.30. The van der Waals surface area contributed by atoms with Gasteiger partial charge in [-0.3, -0.25) is 0 Å². The first-order valence-electron chi connectivity index (χ1n) is 5.19. The van der Waals surface area contributed by atoms with Crippen molar-refractivity contribution in [1.29, 1.82) is 0 Å². The number of hydrogen-bond donors (Lipinski definition) is 1. The van der Waals surface area contributed by atoms with Gasteiger partial charge < -0.3 is 5.32 Å². The van der Waals surface area contributed by atoms with Crippen molar-refractivity contribution in [2.45, 2.75) is 37.9 Å². The van der Waals surface area contributed by atoms with Crippen LogP contribution >= 0.6 is 27.5 Å². The van der Waals surface area contributed by atoms with E-state index >= 15 is 0 Å². The first kappa shape index (κ1) is 15.6. The smallest absolute Gasteiger partial charge is 0.363 e. The monoisotopic (exact) mass is 344 g/mol. The normalized spacial score (nSPS) is 14.4. The van der Waals surface area contributed by atoms with Gasteiger partial charge in [0.25, 0.3) is 0 Å². The molecule has 1 aromatic heterocycles. The van der Waals surface area contributed by atoms with Crippen molar-refractivity contribution in [3.63, 3.8) is 0 Å². The zero-order chi connectivity index (χ0) is 14.1. The van der Waals surface area contributed by atoms with Crippen LogP contribution in [0.5, 0.6) is 0 Å². The Labute approximate surface area is 117 Å². The van der Waals surface area contributed by atoms with Gasteiger partial charge in [-0.1, -0.05) is 0 Å². The summed E-state index contributed by atoms with van der Waals surface area (Å²) in [4.78, 5) is 3.78. The lowest BCUT2D eigenvalue weighted by Crippen LogP contribution is -2.40. The first-order valence-corrected chi connectivity index (χ1v) is 6.42. The van der Waals surface area contributed by atoms with Crippen LogP contribution in [0.3, 0.4) is 0 Å². The summed E-state index contributed by atoms with van der Waals surface area (Å²) in [6, 6.07) is 0.990. The molecule has 102 valence electrons. The number of nitrogens with one attached hydrogen (secondary N) is 1. The summed E-state index contributed by atoms with van der Waals surface area (Å²) in [7, 11) is 0. The summed E-state index contributed by atoms with van der Waals surface area (Å²) in [6.45, 7) is 5.14. The molecule has 18 heavy (non-hydrogen) atoms. The van der Waals surface area contributed by atoms with Crippen molar-refractivity contribution in [3.05, 3.63) is 22.3 Å². The van der Waals surface area contributed by atoms with Gasteiger partial charge in [-0.05, 0) is 42.8 Å². The van der Waals surface area contributed by atoms with Crippen LogP contribution in [-0.4, -0.2) is 15.9 Å². The van der Waals surface area contributed by atoms with E-state index in [1.54, 1.807) is 20.8 Å². The van der Waals surface area contributed by atoms with Gasteiger partial charge in [0, 0.05) is 16.2 Å². The molecule has 0 amide bonds. The van der Waals surface area contributed by atoms with Crippen LogP contribution in [-0.2, 0) is 6.18 Å². The van der Waals surface area contributed by atoms with Crippen molar-refractivity contribution in [2.75, 3.05) is 5.32 Å². The molecular weight excluding hydrogens is 332 g/mol. The average Bonchev–Trinajstić information content (AvgIpc) is 2.18. The maximum absolute atomic E-state index is 12.9. The summed E-state index contributed by atoms with van der Waals surface area (Å²) < 4.78 is 38.9. The number of aromatic nitrogens is 1. The Balaban J connectivity index is 3.18. The van der Waals surface area contributed by atoms with Crippen molar-refractivity contribution in [3.8, 4) is 0 Å². The fourth-order valence-electron chi connectivity index (χ4n) is 1.16. The van der Waals surface area contributed by atoms with Crippen LogP contribution in [0.15, 0.2) is 16.7 Å². The molecule has 1 N–H and O–H groups in total. The van der Waals surface area contributed by atoms with E-state index in [1.165, 1.54) is 6.20 Å². The third-order valence-corrected chi connectivity index (χ3v) is 3.57. The van der Waals surface area contributed by atoms with E-state index < -0.39 is 17.3 Å². The minimum atomic E-state index is -4.47. The number of rotatable bonds is 3. The summed E-state index contributed by atoms with van der Waals surface area (Å²) >= 11 is 8.92. The third kappa shape index (κ3) is 3.75. The second-order valence-electron chi connectivity index (χ2n) is 4.51. The molecule has 1 rings (SSSR count). The molecule has 0 aromatic carbocycles. The Kier molecular flexibility index (Phi) is 4.54. The largest absolute Gasteiger partial charge is 0.419 e. The van der Waals surface area contributed by atoms with E-state index in [-0.39, 0.29) is 15.7 Å². The first-order chi connectivity index (χ1) is 8.04. The van der Waals surface area contributed by atoms with Crippen LogP contribution in [0, 0.1) is 0 Å². The van der Waals surface area contributed by atoms with Gasteiger partial charge in [0.15, 0.2) is 0 Å². The summed E-state index contributed by atoms with van der Waals surface area (Å²) in [5, 5.41) is 2.38. The molecule has 0 aliphatic carbocycles. The van der Waals surface area contributed by atoms with Gasteiger partial charge in [0.05, 0.1) is 10.9 Å². The fraction of sp³-hybridized carbons (Fsp3) is 0.545. The van der Waals surface area contributed by atoms with E-state index in [2.05, 4.69) is 26.2 Å². The highest BCUT2D eigenvalue weighted by atomic mass is 79.9. The van der Waals surface area contributed by atoms with E-state index in [9.17, 15) is 13.2 Å². The van der Waals surface area contributed by atoms with Crippen LogP contribution in [0.4, 0.5) is 19.0 Å². The predicted octanol–water partition coefficient (Wildman–Crippen LogP) is 4.68. The molecule has 2 nitrogen and oxygen atoms in total. The highest BCUT2D eigenvalue weighted by Gasteiger charge is 2.36. The van der Waals surface area contributed by atoms with Gasteiger partial charge in [-0.15, -0.1) is 11.6 Å². The second-order valence-corrected chi connectivity index (χ2v) is 6.08. The standard InChI is InChI=1S/C11H13BrClF3N2/c1-6(13)10(2,3)18-9-8(11(14,15)16)4-7(12)5-17-9/h4-6H,1-3H3,(H,17,18). The molecule has 7 heteroatoms. The molecule has 0 radical (unpaired) electrons. The number of halogens is 5. The van der Waals surface area contributed by atoms with Crippen LogP contribution < -0.4 is 5.32 Å². The average molecular weight is 346 g/mol. The van der Waals surface area contributed by atoms with Crippen molar-refractivity contribution < 1.29 is 13.2 Å². The van der Waals surface area contributed by atoms with E-state index in [0.29, 0.717) is 0 Å². The number of nitrogens with zero attached hydrogens (tertiary/aromatic N) is 1. The molecule has 1 unspecified atom stereocenters. The van der Waals surface area contributed by atoms with Crippen LogP contribution in [0.1, 0.15) is 26.3 Å².